The fourth-order valence-electron chi connectivity index (χ4n) is 2.75. The molecule has 0 aliphatic carbocycles. The van der Waals surface area contributed by atoms with E-state index in [1.165, 1.54) is 23.1 Å². The van der Waals surface area contributed by atoms with Crippen LogP contribution in [-0.2, 0) is 16.1 Å². The summed E-state index contributed by atoms with van der Waals surface area (Å²) in [7, 11) is 0. The Morgan fingerprint density at radius 3 is 2.27 bits per heavy atom. The SMILES string of the molecule is CC(C)N(C(=O)C(=O)N1Cc2c(F)cccc2C1=O)C(C)C. The van der Waals surface area contributed by atoms with Crippen molar-refractivity contribution in [2.75, 3.05) is 0 Å². The second-order valence-corrected chi connectivity index (χ2v) is 5.86. The molecular weight excluding hydrogens is 287 g/mol. The minimum Gasteiger partial charge on any atom is -0.330 e. The maximum atomic E-state index is 13.7. The molecular formula is C16H19FN2O3. The van der Waals surface area contributed by atoms with Crippen molar-refractivity contribution in [2.45, 2.75) is 46.3 Å². The highest BCUT2D eigenvalue weighted by Gasteiger charge is 2.39. The highest BCUT2D eigenvalue weighted by Crippen LogP contribution is 2.25. The van der Waals surface area contributed by atoms with Gasteiger partial charge in [0, 0.05) is 23.2 Å². The zero-order chi connectivity index (χ0) is 16.6. The number of rotatable bonds is 2. The predicted molar refractivity (Wildman–Crippen MR) is 78.4 cm³/mol. The first-order valence-corrected chi connectivity index (χ1v) is 7.21. The van der Waals surface area contributed by atoms with Gasteiger partial charge in [0.25, 0.3) is 5.91 Å². The number of benzene rings is 1. The van der Waals surface area contributed by atoms with Crippen LogP contribution < -0.4 is 0 Å². The van der Waals surface area contributed by atoms with Gasteiger partial charge in [-0.15, -0.1) is 0 Å². The van der Waals surface area contributed by atoms with Crippen molar-refractivity contribution < 1.29 is 18.8 Å². The molecule has 118 valence electrons. The van der Waals surface area contributed by atoms with E-state index < -0.39 is 23.5 Å². The molecule has 6 heteroatoms. The lowest BCUT2D eigenvalue weighted by molar-refractivity contribution is -0.152. The summed E-state index contributed by atoms with van der Waals surface area (Å²) in [6.45, 7) is 6.99. The second kappa shape index (κ2) is 5.87. The predicted octanol–water partition coefficient (Wildman–Crippen LogP) is 1.95. The molecule has 1 aliphatic rings. The Kier molecular flexibility index (Phi) is 4.30. The lowest BCUT2D eigenvalue weighted by atomic mass is 10.1. The molecule has 0 radical (unpaired) electrons. The zero-order valence-corrected chi connectivity index (χ0v) is 13.1. The summed E-state index contributed by atoms with van der Waals surface area (Å²) in [5.41, 5.74) is 0.302. The van der Waals surface area contributed by atoms with Gasteiger partial charge >= 0.3 is 11.8 Å². The Morgan fingerprint density at radius 2 is 1.77 bits per heavy atom. The number of hydrogen-bond donors (Lipinski definition) is 0. The van der Waals surface area contributed by atoms with Gasteiger partial charge in [0.2, 0.25) is 0 Å². The molecule has 0 saturated carbocycles. The molecule has 0 spiro atoms. The van der Waals surface area contributed by atoms with Gasteiger partial charge in [0.1, 0.15) is 5.82 Å². The fourth-order valence-corrected chi connectivity index (χ4v) is 2.75. The quantitative estimate of drug-likeness (QED) is 0.785. The Morgan fingerprint density at radius 1 is 1.18 bits per heavy atom. The number of hydrogen-bond acceptors (Lipinski definition) is 3. The van der Waals surface area contributed by atoms with Crippen molar-refractivity contribution in [1.82, 2.24) is 9.80 Å². The van der Waals surface area contributed by atoms with Gasteiger partial charge in [-0.05, 0) is 39.8 Å². The van der Waals surface area contributed by atoms with Crippen LogP contribution in [0.15, 0.2) is 18.2 Å². The molecule has 5 nitrogen and oxygen atoms in total. The number of carbonyl (C=O) groups excluding carboxylic acids is 3. The smallest absolute Gasteiger partial charge is 0.319 e. The van der Waals surface area contributed by atoms with Crippen LogP contribution >= 0.6 is 0 Å². The minimum absolute atomic E-state index is 0.141. The van der Waals surface area contributed by atoms with Gasteiger partial charge in [-0.25, -0.2) is 4.39 Å². The number of fused-ring (bicyclic) bond motifs is 1. The molecule has 1 aromatic carbocycles. The highest BCUT2D eigenvalue weighted by molar-refractivity contribution is 6.38. The molecule has 3 amide bonds. The van der Waals surface area contributed by atoms with Crippen LogP contribution in [0.1, 0.15) is 43.6 Å². The molecule has 0 aromatic heterocycles. The van der Waals surface area contributed by atoms with E-state index in [9.17, 15) is 18.8 Å². The summed E-state index contributed by atoms with van der Waals surface area (Å²) in [6.07, 6.45) is 0. The number of nitrogens with zero attached hydrogens (tertiary/aromatic N) is 2. The average Bonchev–Trinajstić information content (AvgIpc) is 2.76. The first-order valence-electron chi connectivity index (χ1n) is 7.21. The van der Waals surface area contributed by atoms with Gasteiger partial charge in [-0.3, -0.25) is 19.3 Å². The monoisotopic (exact) mass is 306 g/mol. The minimum atomic E-state index is -0.914. The van der Waals surface area contributed by atoms with Crippen LogP contribution in [0.2, 0.25) is 0 Å². The van der Waals surface area contributed by atoms with Crippen molar-refractivity contribution in [1.29, 1.82) is 0 Å². The van der Waals surface area contributed by atoms with Crippen LogP contribution in [-0.4, -0.2) is 39.6 Å². The maximum Gasteiger partial charge on any atom is 0.319 e. The average molecular weight is 306 g/mol. The van der Waals surface area contributed by atoms with Crippen LogP contribution in [0.4, 0.5) is 4.39 Å². The van der Waals surface area contributed by atoms with Gasteiger partial charge in [0.15, 0.2) is 0 Å². The summed E-state index contributed by atoms with van der Waals surface area (Å²) in [6, 6.07) is 3.76. The molecule has 0 unspecified atom stereocenters. The molecule has 0 N–H and O–H groups in total. The number of imide groups is 1. The first-order chi connectivity index (χ1) is 10.3. The van der Waals surface area contributed by atoms with Crippen molar-refractivity contribution in [3.63, 3.8) is 0 Å². The Bertz CT molecular complexity index is 632. The van der Waals surface area contributed by atoms with E-state index in [0.29, 0.717) is 0 Å². The molecule has 0 atom stereocenters. The highest BCUT2D eigenvalue weighted by atomic mass is 19.1. The lowest BCUT2D eigenvalue weighted by Crippen LogP contribution is -2.50. The van der Waals surface area contributed by atoms with Crippen molar-refractivity contribution in [3.05, 3.63) is 35.1 Å². The first kappa shape index (κ1) is 16.1. The van der Waals surface area contributed by atoms with E-state index >= 15 is 0 Å². The third kappa shape index (κ3) is 2.61. The van der Waals surface area contributed by atoms with Crippen molar-refractivity contribution >= 4 is 17.7 Å². The molecule has 1 heterocycles. The summed E-state index contributed by atoms with van der Waals surface area (Å²) in [4.78, 5) is 39.2. The molecule has 0 fully saturated rings. The topological polar surface area (TPSA) is 57.7 Å². The van der Waals surface area contributed by atoms with Crippen LogP contribution in [0.3, 0.4) is 0 Å². The third-order valence-electron chi connectivity index (χ3n) is 3.69. The molecule has 2 rings (SSSR count). The standard InChI is InChI=1S/C16H19FN2O3/c1-9(2)19(10(3)4)16(22)15(21)18-8-12-11(14(18)20)6-5-7-13(12)17/h5-7,9-10H,8H2,1-4H3. The third-order valence-corrected chi connectivity index (χ3v) is 3.69. The van der Waals surface area contributed by atoms with Crippen LogP contribution in [0.5, 0.6) is 0 Å². The van der Waals surface area contributed by atoms with Crippen LogP contribution in [0.25, 0.3) is 0 Å². The van der Waals surface area contributed by atoms with Crippen molar-refractivity contribution in [3.8, 4) is 0 Å². The summed E-state index contributed by atoms with van der Waals surface area (Å²) in [5.74, 6) is -2.83. The fraction of sp³-hybridized carbons (Fsp3) is 0.438. The largest absolute Gasteiger partial charge is 0.330 e. The molecule has 0 saturated heterocycles. The molecule has 22 heavy (non-hydrogen) atoms. The Labute approximate surface area is 128 Å². The van der Waals surface area contributed by atoms with Crippen molar-refractivity contribution in [2.24, 2.45) is 0 Å². The van der Waals surface area contributed by atoms with E-state index in [1.54, 1.807) is 27.7 Å². The summed E-state index contributed by atoms with van der Waals surface area (Å²) >= 11 is 0. The molecule has 0 bridgehead atoms. The lowest BCUT2D eigenvalue weighted by Gasteiger charge is -2.31. The van der Waals surface area contributed by atoms with Gasteiger partial charge in [0.05, 0.1) is 6.54 Å². The maximum absolute atomic E-state index is 13.7. The van der Waals surface area contributed by atoms with E-state index in [0.717, 1.165) is 4.90 Å². The van der Waals surface area contributed by atoms with Gasteiger partial charge in [-0.2, -0.15) is 0 Å². The summed E-state index contributed by atoms with van der Waals surface area (Å²) in [5, 5.41) is 0. The zero-order valence-electron chi connectivity index (χ0n) is 13.1. The van der Waals surface area contributed by atoms with E-state index in [1.807, 2.05) is 0 Å². The Hall–Kier alpha value is -2.24. The van der Waals surface area contributed by atoms with Gasteiger partial charge in [-0.1, -0.05) is 6.07 Å². The van der Waals surface area contributed by atoms with Crippen LogP contribution in [0, 0.1) is 5.82 Å². The van der Waals surface area contributed by atoms with E-state index in [2.05, 4.69) is 0 Å². The summed E-state index contributed by atoms with van der Waals surface area (Å²) < 4.78 is 13.7. The number of halogens is 1. The normalized spacial score (nSPS) is 13.8. The second-order valence-electron chi connectivity index (χ2n) is 5.86. The Balaban J connectivity index is 2.27. The van der Waals surface area contributed by atoms with E-state index in [4.69, 9.17) is 0 Å². The van der Waals surface area contributed by atoms with E-state index in [-0.39, 0.29) is 29.8 Å². The van der Waals surface area contributed by atoms with Gasteiger partial charge < -0.3 is 4.90 Å². The number of amides is 3. The molecule has 1 aromatic rings. The number of carbonyl (C=O) groups is 3. The molecule has 1 aliphatic heterocycles.